The Morgan fingerprint density at radius 1 is 1.13 bits per heavy atom. The van der Waals surface area contributed by atoms with Gasteiger partial charge in [0.15, 0.2) is 0 Å². The van der Waals surface area contributed by atoms with E-state index in [0.717, 1.165) is 52.5 Å². The van der Waals surface area contributed by atoms with Crippen LogP contribution in [0.25, 0.3) is 33.3 Å². The van der Waals surface area contributed by atoms with Gasteiger partial charge in [-0.3, -0.25) is 9.89 Å². The van der Waals surface area contributed by atoms with E-state index in [1.807, 2.05) is 36.1 Å². The van der Waals surface area contributed by atoms with E-state index in [-0.39, 0.29) is 18.0 Å². The van der Waals surface area contributed by atoms with Crippen LogP contribution in [0.2, 0.25) is 0 Å². The van der Waals surface area contributed by atoms with Crippen LogP contribution in [-0.2, 0) is 4.79 Å². The van der Waals surface area contributed by atoms with Gasteiger partial charge in [0, 0.05) is 23.4 Å². The molecule has 2 aromatic heterocycles. The van der Waals surface area contributed by atoms with Crippen molar-refractivity contribution >= 4 is 16.8 Å². The monoisotopic (exact) mass is 400 g/mol. The van der Waals surface area contributed by atoms with E-state index in [9.17, 15) is 4.79 Å². The lowest BCUT2D eigenvalue weighted by Crippen LogP contribution is -2.32. The van der Waals surface area contributed by atoms with Crippen molar-refractivity contribution in [3.63, 3.8) is 0 Å². The van der Waals surface area contributed by atoms with Crippen molar-refractivity contribution < 1.29 is 4.79 Å². The summed E-state index contributed by atoms with van der Waals surface area (Å²) in [6.07, 6.45) is 7.07. The largest absolute Gasteiger partial charge is 0.353 e. The summed E-state index contributed by atoms with van der Waals surface area (Å²) in [6.45, 7) is 1.88. The van der Waals surface area contributed by atoms with Crippen molar-refractivity contribution in [1.29, 1.82) is 0 Å². The summed E-state index contributed by atoms with van der Waals surface area (Å²) in [5.41, 5.74) is 5.43. The normalized spacial score (nSPS) is 18.7. The predicted molar refractivity (Wildman–Crippen MR) is 116 cm³/mol. The fourth-order valence-electron chi connectivity index (χ4n) is 4.40. The van der Waals surface area contributed by atoms with Gasteiger partial charge in [-0.25, -0.2) is 4.68 Å². The van der Waals surface area contributed by atoms with Crippen LogP contribution < -0.4 is 5.32 Å². The third-order valence-electron chi connectivity index (χ3n) is 5.99. The maximum absolute atomic E-state index is 11.7. The summed E-state index contributed by atoms with van der Waals surface area (Å²) in [7, 11) is 0. The molecule has 0 saturated heterocycles. The molecule has 2 atom stereocenters. The summed E-state index contributed by atoms with van der Waals surface area (Å²) in [5.74, 6) is 0.114. The highest BCUT2D eigenvalue weighted by atomic mass is 16.1. The SMILES string of the molecule is CCC(=O)N[C@H]1CC[C@@H](n2nncc2-c2ccc(-c3cccc4[nH]ncc34)cc2)C1. The second kappa shape index (κ2) is 7.74. The Balaban J connectivity index is 1.38. The number of H-pyrrole nitrogens is 1. The number of rotatable bonds is 5. The van der Waals surface area contributed by atoms with Crippen LogP contribution in [0.3, 0.4) is 0 Å². The first-order chi connectivity index (χ1) is 14.7. The molecule has 30 heavy (non-hydrogen) atoms. The van der Waals surface area contributed by atoms with Crippen LogP contribution >= 0.6 is 0 Å². The topological polar surface area (TPSA) is 88.5 Å². The van der Waals surface area contributed by atoms with Crippen LogP contribution in [0.15, 0.2) is 54.9 Å². The number of aromatic amines is 1. The number of amides is 1. The molecular formula is C23H24N6O. The minimum absolute atomic E-state index is 0.114. The molecule has 2 aromatic carbocycles. The zero-order valence-corrected chi connectivity index (χ0v) is 16.9. The van der Waals surface area contributed by atoms with Crippen LogP contribution in [0, 0.1) is 0 Å². The van der Waals surface area contributed by atoms with E-state index in [1.54, 1.807) is 0 Å². The number of hydrogen-bond donors (Lipinski definition) is 2. The van der Waals surface area contributed by atoms with Crippen LogP contribution in [-0.4, -0.2) is 37.1 Å². The van der Waals surface area contributed by atoms with E-state index >= 15 is 0 Å². The van der Waals surface area contributed by atoms with Crippen LogP contribution in [0.1, 0.15) is 38.6 Å². The first kappa shape index (κ1) is 18.5. The highest BCUT2D eigenvalue weighted by molar-refractivity contribution is 5.94. The van der Waals surface area contributed by atoms with E-state index in [2.05, 4.69) is 56.2 Å². The van der Waals surface area contributed by atoms with Gasteiger partial charge in [-0.2, -0.15) is 5.10 Å². The quantitative estimate of drug-likeness (QED) is 0.528. The predicted octanol–water partition coefficient (Wildman–Crippen LogP) is 4.11. The molecule has 7 nitrogen and oxygen atoms in total. The van der Waals surface area contributed by atoms with Gasteiger partial charge in [-0.05, 0) is 36.5 Å². The molecule has 152 valence electrons. The molecule has 0 spiro atoms. The molecule has 1 fully saturated rings. The fraction of sp³-hybridized carbons (Fsp3) is 0.304. The second-order valence-electron chi connectivity index (χ2n) is 7.86. The number of carbonyl (C=O) groups is 1. The van der Waals surface area contributed by atoms with E-state index in [4.69, 9.17) is 0 Å². The van der Waals surface area contributed by atoms with Gasteiger partial charge in [0.1, 0.15) is 0 Å². The molecular weight excluding hydrogens is 376 g/mol. The molecule has 7 heteroatoms. The van der Waals surface area contributed by atoms with Crippen molar-refractivity contribution in [1.82, 2.24) is 30.5 Å². The zero-order chi connectivity index (χ0) is 20.5. The first-order valence-corrected chi connectivity index (χ1v) is 10.5. The molecule has 0 aliphatic heterocycles. The van der Waals surface area contributed by atoms with Crippen molar-refractivity contribution in [3.8, 4) is 22.4 Å². The van der Waals surface area contributed by atoms with E-state index in [0.29, 0.717) is 6.42 Å². The minimum Gasteiger partial charge on any atom is -0.353 e. The number of carbonyl (C=O) groups excluding carboxylic acids is 1. The number of fused-ring (bicyclic) bond motifs is 1. The molecule has 1 saturated carbocycles. The van der Waals surface area contributed by atoms with Crippen molar-refractivity contribution in [3.05, 3.63) is 54.9 Å². The third-order valence-corrected chi connectivity index (χ3v) is 5.99. The molecule has 0 unspecified atom stereocenters. The smallest absolute Gasteiger partial charge is 0.219 e. The standard InChI is InChI=1S/C23H24N6O/c1-2-23(30)26-17-10-11-18(12-17)29-22(14-25-28-29)16-8-6-15(7-9-16)19-4-3-5-21-20(19)13-24-27-21/h3-9,13-14,17-18H,2,10-12H2,1H3,(H,24,27)(H,26,30)/t17-,18+/m0/s1. The Morgan fingerprint density at radius 2 is 1.97 bits per heavy atom. The van der Waals surface area contributed by atoms with E-state index in [1.165, 1.54) is 0 Å². The molecule has 4 aromatic rings. The number of benzene rings is 2. The number of aromatic nitrogens is 5. The minimum atomic E-state index is 0.114. The van der Waals surface area contributed by atoms with E-state index < -0.39 is 0 Å². The molecule has 1 amide bonds. The zero-order valence-electron chi connectivity index (χ0n) is 16.9. The average Bonchev–Trinajstić information content (AvgIpc) is 3.53. The first-order valence-electron chi connectivity index (χ1n) is 10.5. The molecule has 2 N–H and O–H groups in total. The second-order valence-corrected chi connectivity index (χ2v) is 7.86. The van der Waals surface area contributed by atoms with Gasteiger partial charge in [-0.1, -0.05) is 48.5 Å². The Bertz CT molecular complexity index is 1180. The van der Waals surface area contributed by atoms with Gasteiger partial charge in [-0.15, -0.1) is 5.10 Å². The lowest BCUT2D eigenvalue weighted by Gasteiger charge is -2.15. The van der Waals surface area contributed by atoms with Crippen LogP contribution in [0.5, 0.6) is 0 Å². The number of nitrogens with one attached hydrogen (secondary N) is 2. The molecule has 1 aliphatic carbocycles. The molecule has 2 heterocycles. The Labute approximate surface area is 174 Å². The third kappa shape index (κ3) is 3.36. The average molecular weight is 400 g/mol. The van der Waals surface area contributed by atoms with Crippen molar-refractivity contribution in [2.45, 2.75) is 44.7 Å². The lowest BCUT2D eigenvalue weighted by molar-refractivity contribution is -0.121. The summed E-state index contributed by atoms with van der Waals surface area (Å²) in [6, 6.07) is 15.2. The van der Waals surface area contributed by atoms with Gasteiger partial charge < -0.3 is 5.32 Å². The summed E-state index contributed by atoms with van der Waals surface area (Å²) >= 11 is 0. The summed E-state index contributed by atoms with van der Waals surface area (Å²) < 4.78 is 2.02. The Hall–Kier alpha value is -3.48. The Kier molecular flexibility index (Phi) is 4.78. The highest BCUT2D eigenvalue weighted by Crippen LogP contribution is 2.34. The Morgan fingerprint density at radius 3 is 2.80 bits per heavy atom. The van der Waals surface area contributed by atoms with Crippen LogP contribution in [0.4, 0.5) is 0 Å². The number of nitrogens with zero attached hydrogens (tertiary/aromatic N) is 4. The maximum atomic E-state index is 11.7. The molecule has 0 radical (unpaired) electrons. The molecule has 5 rings (SSSR count). The summed E-state index contributed by atoms with van der Waals surface area (Å²) in [5, 5.41) is 19.9. The fourth-order valence-corrected chi connectivity index (χ4v) is 4.40. The van der Waals surface area contributed by atoms with Gasteiger partial charge in [0.05, 0.1) is 29.6 Å². The van der Waals surface area contributed by atoms with Gasteiger partial charge >= 0.3 is 0 Å². The maximum Gasteiger partial charge on any atom is 0.219 e. The summed E-state index contributed by atoms with van der Waals surface area (Å²) in [4.78, 5) is 11.7. The van der Waals surface area contributed by atoms with Crippen molar-refractivity contribution in [2.75, 3.05) is 0 Å². The highest BCUT2D eigenvalue weighted by Gasteiger charge is 2.29. The molecule has 0 bridgehead atoms. The lowest BCUT2D eigenvalue weighted by atomic mass is 10.00. The number of hydrogen-bond acceptors (Lipinski definition) is 4. The van der Waals surface area contributed by atoms with Gasteiger partial charge in [0.25, 0.3) is 0 Å². The van der Waals surface area contributed by atoms with Crippen molar-refractivity contribution in [2.24, 2.45) is 0 Å². The van der Waals surface area contributed by atoms with Gasteiger partial charge in [0.2, 0.25) is 5.91 Å². The molecule has 1 aliphatic rings.